The van der Waals surface area contributed by atoms with Gasteiger partial charge in [0.05, 0.1) is 18.4 Å². The fourth-order valence-electron chi connectivity index (χ4n) is 3.01. The van der Waals surface area contributed by atoms with Gasteiger partial charge in [-0.15, -0.1) is 0 Å². The van der Waals surface area contributed by atoms with E-state index in [1.54, 1.807) is 11.0 Å². The molecule has 1 aliphatic heterocycles. The van der Waals surface area contributed by atoms with Gasteiger partial charge in [0.1, 0.15) is 29.1 Å². The van der Waals surface area contributed by atoms with Gasteiger partial charge in [-0.3, -0.25) is 0 Å². The molecule has 0 amide bonds. The second kappa shape index (κ2) is 7.31. The molecule has 27 heavy (non-hydrogen) atoms. The quantitative estimate of drug-likeness (QED) is 0.764. The van der Waals surface area contributed by atoms with Crippen LogP contribution in [0.15, 0.2) is 30.3 Å². The van der Waals surface area contributed by atoms with Gasteiger partial charge in [0.25, 0.3) is 0 Å². The summed E-state index contributed by atoms with van der Waals surface area (Å²) in [6.45, 7) is 1.66. The minimum Gasteiger partial charge on any atom is -0.494 e. The van der Waals surface area contributed by atoms with E-state index in [-0.39, 0.29) is 11.4 Å². The van der Waals surface area contributed by atoms with Crippen LogP contribution in [0.4, 0.5) is 29.1 Å². The molecule has 1 aromatic carbocycles. The maximum Gasteiger partial charge on any atom is 0.433 e. The lowest BCUT2D eigenvalue weighted by Gasteiger charge is -2.37. The van der Waals surface area contributed by atoms with Gasteiger partial charge in [0.2, 0.25) is 0 Å². The summed E-state index contributed by atoms with van der Waals surface area (Å²) in [5.74, 6) is -0.00235. The first-order valence-corrected chi connectivity index (χ1v) is 8.15. The molecule has 0 aliphatic carbocycles. The Bertz CT molecular complexity index is 871. The van der Waals surface area contributed by atoms with Gasteiger partial charge in [-0.25, -0.2) is 9.37 Å². The van der Waals surface area contributed by atoms with E-state index >= 15 is 0 Å². The van der Waals surface area contributed by atoms with Crippen LogP contribution >= 0.6 is 0 Å². The number of aromatic nitrogens is 1. The molecule has 9 heteroatoms. The van der Waals surface area contributed by atoms with E-state index in [0.29, 0.717) is 37.6 Å². The van der Waals surface area contributed by atoms with Gasteiger partial charge in [0.15, 0.2) is 0 Å². The number of hydrogen-bond donors (Lipinski definition) is 0. The Morgan fingerprint density at radius 1 is 1.07 bits per heavy atom. The maximum atomic E-state index is 13.4. The van der Waals surface area contributed by atoms with Crippen molar-refractivity contribution in [3.05, 3.63) is 47.4 Å². The average Bonchev–Trinajstić information content (AvgIpc) is 2.66. The van der Waals surface area contributed by atoms with E-state index < -0.39 is 17.7 Å². The molecular weight excluding hydrogens is 364 g/mol. The van der Waals surface area contributed by atoms with Crippen molar-refractivity contribution in [1.29, 1.82) is 5.26 Å². The van der Waals surface area contributed by atoms with E-state index in [1.807, 2.05) is 11.0 Å². The molecule has 0 N–H and O–H groups in total. The Morgan fingerprint density at radius 3 is 2.33 bits per heavy atom. The van der Waals surface area contributed by atoms with E-state index in [2.05, 4.69) is 4.98 Å². The topological polar surface area (TPSA) is 52.4 Å². The molecule has 3 rings (SSSR count). The van der Waals surface area contributed by atoms with Crippen molar-refractivity contribution in [3.63, 3.8) is 0 Å². The monoisotopic (exact) mass is 380 g/mol. The van der Waals surface area contributed by atoms with Crippen LogP contribution in [0.25, 0.3) is 0 Å². The van der Waals surface area contributed by atoms with E-state index in [9.17, 15) is 22.8 Å². The predicted molar refractivity (Wildman–Crippen MR) is 91.3 cm³/mol. The van der Waals surface area contributed by atoms with Crippen molar-refractivity contribution in [2.45, 2.75) is 6.18 Å². The smallest absolute Gasteiger partial charge is 0.433 e. The highest BCUT2D eigenvalue weighted by atomic mass is 19.4. The molecule has 142 valence electrons. The standard InChI is InChI=1S/C18H16F4N4O/c1-27-15-10-13(19)3-4-14(15)25-6-8-26(9-7-25)17-12(11-23)2-5-16(24-17)18(20,21)22/h2-5,10H,6-9H2,1H3. The van der Waals surface area contributed by atoms with Crippen molar-refractivity contribution in [2.24, 2.45) is 0 Å². The molecule has 2 aromatic rings. The van der Waals surface area contributed by atoms with Crippen LogP contribution in [-0.4, -0.2) is 38.3 Å². The minimum absolute atomic E-state index is 0.0260. The molecule has 0 atom stereocenters. The number of rotatable bonds is 3. The molecule has 0 saturated carbocycles. The summed E-state index contributed by atoms with van der Waals surface area (Å²) < 4.78 is 57.4. The second-order valence-corrected chi connectivity index (χ2v) is 5.97. The summed E-state index contributed by atoms with van der Waals surface area (Å²) in [6, 6.07) is 8.05. The fourth-order valence-corrected chi connectivity index (χ4v) is 3.01. The van der Waals surface area contributed by atoms with E-state index in [0.717, 1.165) is 12.1 Å². The molecule has 5 nitrogen and oxygen atoms in total. The Labute approximate surface area is 153 Å². The van der Waals surface area contributed by atoms with Crippen LogP contribution in [0.5, 0.6) is 5.75 Å². The predicted octanol–water partition coefficient (Wildman–Crippen LogP) is 3.45. The molecule has 0 unspecified atom stereocenters. The van der Waals surface area contributed by atoms with Crippen LogP contribution < -0.4 is 14.5 Å². The number of hydrogen-bond acceptors (Lipinski definition) is 5. The van der Waals surface area contributed by atoms with Crippen LogP contribution in [-0.2, 0) is 6.18 Å². The SMILES string of the molecule is COc1cc(F)ccc1N1CCN(c2nc(C(F)(F)F)ccc2C#N)CC1. The number of piperazine rings is 1. The van der Waals surface area contributed by atoms with Crippen molar-refractivity contribution in [1.82, 2.24) is 4.98 Å². The molecule has 0 radical (unpaired) electrons. The summed E-state index contributed by atoms with van der Waals surface area (Å²) >= 11 is 0. The van der Waals surface area contributed by atoms with Gasteiger partial charge in [-0.2, -0.15) is 18.4 Å². The van der Waals surface area contributed by atoms with Crippen molar-refractivity contribution in [3.8, 4) is 11.8 Å². The Kier molecular flexibility index (Phi) is 5.08. The largest absolute Gasteiger partial charge is 0.494 e. The number of halogens is 4. The van der Waals surface area contributed by atoms with Gasteiger partial charge >= 0.3 is 6.18 Å². The van der Waals surface area contributed by atoms with E-state index in [4.69, 9.17) is 4.74 Å². The normalized spacial score (nSPS) is 14.8. The highest BCUT2D eigenvalue weighted by Crippen LogP contribution is 2.32. The molecule has 0 bridgehead atoms. The third kappa shape index (κ3) is 3.89. The number of alkyl halides is 3. The lowest BCUT2D eigenvalue weighted by molar-refractivity contribution is -0.141. The third-order valence-corrected chi connectivity index (χ3v) is 4.35. The highest BCUT2D eigenvalue weighted by molar-refractivity contribution is 5.61. The van der Waals surface area contributed by atoms with Crippen LogP contribution in [0.2, 0.25) is 0 Å². The Balaban J connectivity index is 1.81. The van der Waals surface area contributed by atoms with Crippen LogP contribution in [0.3, 0.4) is 0 Å². The van der Waals surface area contributed by atoms with Crippen molar-refractivity contribution in [2.75, 3.05) is 43.1 Å². The first-order valence-electron chi connectivity index (χ1n) is 8.15. The number of benzene rings is 1. The average molecular weight is 380 g/mol. The number of methoxy groups -OCH3 is 1. The zero-order valence-corrected chi connectivity index (χ0v) is 14.4. The highest BCUT2D eigenvalue weighted by Gasteiger charge is 2.34. The summed E-state index contributed by atoms with van der Waals surface area (Å²) in [4.78, 5) is 7.27. The third-order valence-electron chi connectivity index (χ3n) is 4.35. The number of nitrogens with zero attached hydrogens (tertiary/aromatic N) is 4. The molecular formula is C18H16F4N4O. The molecule has 1 aromatic heterocycles. The summed E-state index contributed by atoms with van der Waals surface area (Å²) in [5, 5.41) is 9.21. The minimum atomic E-state index is -4.58. The number of anilines is 2. The zero-order valence-electron chi connectivity index (χ0n) is 14.4. The molecule has 2 heterocycles. The Morgan fingerprint density at radius 2 is 1.74 bits per heavy atom. The molecule has 1 fully saturated rings. The first-order chi connectivity index (χ1) is 12.8. The summed E-state index contributed by atoms with van der Waals surface area (Å²) in [6.07, 6.45) is -4.58. The van der Waals surface area contributed by atoms with Crippen molar-refractivity contribution >= 4 is 11.5 Å². The maximum absolute atomic E-state index is 13.4. The van der Waals surface area contributed by atoms with Gasteiger partial charge in [-0.05, 0) is 24.3 Å². The second-order valence-electron chi connectivity index (χ2n) is 5.97. The summed E-state index contributed by atoms with van der Waals surface area (Å²) in [7, 11) is 1.44. The van der Waals surface area contributed by atoms with Gasteiger partial charge in [-0.1, -0.05) is 0 Å². The fraction of sp³-hybridized carbons (Fsp3) is 0.333. The number of pyridine rings is 1. The van der Waals surface area contributed by atoms with Gasteiger partial charge in [0, 0.05) is 32.2 Å². The molecule has 0 spiro atoms. The van der Waals surface area contributed by atoms with Crippen molar-refractivity contribution < 1.29 is 22.3 Å². The number of ether oxygens (including phenoxy) is 1. The lowest BCUT2D eigenvalue weighted by atomic mass is 10.2. The zero-order chi connectivity index (χ0) is 19.6. The van der Waals surface area contributed by atoms with Crippen LogP contribution in [0.1, 0.15) is 11.3 Å². The van der Waals surface area contributed by atoms with E-state index in [1.165, 1.54) is 19.2 Å². The van der Waals surface area contributed by atoms with Gasteiger partial charge < -0.3 is 14.5 Å². The number of nitriles is 1. The van der Waals surface area contributed by atoms with Crippen LogP contribution in [0, 0.1) is 17.1 Å². The Hall–Kier alpha value is -3.02. The molecule has 1 aliphatic rings. The molecule has 1 saturated heterocycles. The first kappa shape index (κ1) is 18.8. The summed E-state index contributed by atoms with van der Waals surface area (Å²) in [5.41, 5.74) is -0.231. The lowest BCUT2D eigenvalue weighted by Crippen LogP contribution is -2.47.